The predicted octanol–water partition coefficient (Wildman–Crippen LogP) is 2.97. The van der Waals surface area contributed by atoms with Crippen LogP contribution in [-0.2, 0) is 6.54 Å². The number of fused-ring (bicyclic) bond motifs is 5. The van der Waals surface area contributed by atoms with Gasteiger partial charge in [-0.2, -0.15) is 0 Å². The van der Waals surface area contributed by atoms with Crippen LogP contribution in [-0.4, -0.2) is 15.0 Å². The van der Waals surface area contributed by atoms with Gasteiger partial charge in [-0.15, -0.1) is 5.10 Å². The zero-order valence-corrected chi connectivity index (χ0v) is 9.74. The van der Waals surface area contributed by atoms with Crippen LogP contribution in [0.1, 0.15) is 5.56 Å². The van der Waals surface area contributed by atoms with E-state index < -0.39 is 0 Å². The molecule has 0 aliphatic carbocycles. The van der Waals surface area contributed by atoms with E-state index in [2.05, 4.69) is 58.8 Å². The molecular weight excluding hydrogens is 222 g/mol. The second kappa shape index (κ2) is 3.53. The monoisotopic (exact) mass is 233 g/mol. The Balaban J connectivity index is 2.13. The molecule has 4 rings (SSSR count). The molecule has 0 unspecified atom stereocenters. The van der Waals surface area contributed by atoms with Gasteiger partial charge in [-0.05, 0) is 16.7 Å². The number of hydrogen-bond donors (Lipinski definition) is 0. The second-order valence-corrected chi connectivity index (χ2v) is 4.48. The second-order valence-electron chi connectivity index (χ2n) is 4.48. The summed E-state index contributed by atoms with van der Waals surface area (Å²) in [4.78, 5) is 0. The maximum Gasteiger partial charge on any atom is 0.0895 e. The first-order valence-electron chi connectivity index (χ1n) is 5.99. The summed E-state index contributed by atoms with van der Waals surface area (Å²) < 4.78 is 1.96. The molecule has 3 heteroatoms. The van der Waals surface area contributed by atoms with Crippen molar-refractivity contribution in [3.05, 3.63) is 60.3 Å². The summed E-state index contributed by atoms with van der Waals surface area (Å²) >= 11 is 0. The molecule has 0 saturated carbocycles. The van der Waals surface area contributed by atoms with E-state index >= 15 is 0 Å². The van der Waals surface area contributed by atoms with E-state index in [1.807, 2.05) is 10.9 Å². The number of nitrogens with zero attached hydrogens (tertiary/aromatic N) is 3. The molecule has 3 nitrogen and oxygen atoms in total. The minimum absolute atomic E-state index is 0.778. The maximum absolute atomic E-state index is 4.18. The highest BCUT2D eigenvalue weighted by Gasteiger charge is 2.18. The predicted molar refractivity (Wildman–Crippen MR) is 70.0 cm³/mol. The van der Waals surface area contributed by atoms with Crippen molar-refractivity contribution in [2.45, 2.75) is 6.54 Å². The first-order chi connectivity index (χ1) is 8.93. The van der Waals surface area contributed by atoms with Crippen LogP contribution in [0.25, 0.3) is 22.4 Å². The lowest BCUT2D eigenvalue weighted by molar-refractivity contribution is 0.658. The summed E-state index contributed by atoms with van der Waals surface area (Å²) in [5.41, 5.74) is 6.12. The fraction of sp³-hybridized carbons (Fsp3) is 0.0667. The lowest BCUT2D eigenvalue weighted by Gasteiger charge is -2.07. The Morgan fingerprint density at radius 1 is 0.833 bits per heavy atom. The summed E-state index contributed by atoms with van der Waals surface area (Å²) in [5, 5.41) is 8.21. The van der Waals surface area contributed by atoms with Gasteiger partial charge in [0.2, 0.25) is 0 Å². The third kappa shape index (κ3) is 1.24. The Hall–Kier alpha value is -2.42. The molecule has 1 aromatic heterocycles. The smallest absolute Gasteiger partial charge is 0.0895 e. The van der Waals surface area contributed by atoms with E-state index in [4.69, 9.17) is 0 Å². The molecule has 0 N–H and O–H groups in total. The molecule has 0 bridgehead atoms. The molecule has 0 saturated heterocycles. The third-order valence-corrected chi connectivity index (χ3v) is 3.45. The highest BCUT2D eigenvalue weighted by atomic mass is 15.4. The average molecular weight is 233 g/mol. The molecule has 1 aliphatic heterocycles. The molecule has 0 fully saturated rings. The van der Waals surface area contributed by atoms with Crippen molar-refractivity contribution in [3.8, 4) is 22.4 Å². The van der Waals surface area contributed by atoms with Crippen LogP contribution < -0.4 is 0 Å². The molecule has 18 heavy (non-hydrogen) atoms. The van der Waals surface area contributed by atoms with Crippen molar-refractivity contribution < 1.29 is 0 Å². The molecule has 3 aromatic rings. The Labute approximate surface area is 105 Å². The Bertz CT molecular complexity index is 728. The Morgan fingerprint density at radius 3 is 2.44 bits per heavy atom. The van der Waals surface area contributed by atoms with Gasteiger partial charge in [-0.3, -0.25) is 0 Å². The van der Waals surface area contributed by atoms with Crippen molar-refractivity contribution in [2.24, 2.45) is 0 Å². The van der Waals surface area contributed by atoms with Crippen molar-refractivity contribution in [1.82, 2.24) is 15.0 Å². The lowest BCUT2D eigenvalue weighted by Crippen LogP contribution is -2.02. The van der Waals surface area contributed by atoms with Crippen LogP contribution in [0.4, 0.5) is 0 Å². The van der Waals surface area contributed by atoms with Gasteiger partial charge in [0.1, 0.15) is 0 Å². The summed E-state index contributed by atoms with van der Waals surface area (Å²) in [6, 6.07) is 16.9. The van der Waals surface area contributed by atoms with E-state index in [1.165, 1.54) is 22.3 Å². The van der Waals surface area contributed by atoms with Gasteiger partial charge in [-0.25, -0.2) is 4.68 Å². The third-order valence-electron chi connectivity index (χ3n) is 3.45. The first-order valence-corrected chi connectivity index (χ1v) is 5.99. The Kier molecular flexibility index (Phi) is 1.88. The highest BCUT2D eigenvalue weighted by Crippen LogP contribution is 2.36. The molecule has 0 amide bonds. The molecule has 0 atom stereocenters. The molecule has 1 aliphatic rings. The van der Waals surface area contributed by atoms with Gasteiger partial charge in [0.05, 0.1) is 18.4 Å². The van der Waals surface area contributed by atoms with E-state index in [0.29, 0.717) is 0 Å². The van der Waals surface area contributed by atoms with Crippen LogP contribution >= 0.6 is 0 Å². The summed E-state index contributed by atoms with van der Waals surface area (Å²) in [5.74, 6) is 0. The number of rotatable bonds is 0. The molecule has 0 spiro atoms. The van der Waals surface area contributed by atoms with Gasteiger partial charge in [0.15, 0.2) is 0 Å². The normalized spacial score (nSPS) is 12.2. The molecule has 0 radical (unpaired) electrons. The van der Waals surface area contributed by atoms with E-state index in [0.717, 1.165) is 12.2 Å². The van der Waals surface area contributed by atoms with Gasteiger partial charge in [0.25, 0.3) is 0 Å². The topological polar surface area (TPSA) is 30.7 Å². The van der Waals surface area contributed by atoms with E-state index in [1.54, 1.807) is 0 Å². The van der Waals surface area contributed by atoms with Gasteiger partial charge in [0, 0.05) is 5.56 Å². The lowest BCUT2D eigenvalue weighted by atomic mass is 9.96. The summed E-state index contributed by atoms with van der Waals surface area (Å²) in [7, 11) is 0. The van der Waals surface area contributed by atoms with Crippen LogP contribution in [0.15, 0.2) is 54.7 Å². The van der Waals surface area contributed by atoms with Crippen LogP contribution in [0.5, 0.6) is 0 Å². The number of benzene rings is 2. The fourth-order valence-corrected chi connectivity index (χ4v) is 2.61. The standard InChI is InChI=1S/C15H11N3/c1-2-6-12-11(5-1)10-18-15(9-16-17-18)14-8-4-3-7-13(12)14/h1-9H,10H2. The average Bonchev–Trinajstić information content (AvgIpc) is 2.83. The fourth-order valence-electron chi connectivity index (χ4n) is 2.61. The zero-order valence-electron chi connectivity index (χ0n) is 9.74. The van der Waals surface area contributed by atoms with Crippen molar-refractivity contribution in [1.29, 1.82) is 0 Å². The highest BCUT2D eigenvalue weighted by molar-refractivity contribution is 5.84. The van der Waals surface area contributed by atoms with E-state index in [9.17, 15) is 0 Å². The van der Waals surface area contributed by atoms with Crippen LogP contribution in [0.2, 0.25) is 0 Å². The minimum atomic E-state index is 0.778. The summed E-state index contributed by atoms with van der Waals surface area (Å²) in [6.45, 7) is 0.778. The van der Waals surface area contributed by atoms with Gasteiger partial charge in [-0.1, -0.05) is 53.7 Å². The van der Waals surface area contributed by atoms with Crippen LogP contribution in [0.3, 0.4) is 0 Å². The summed E-state index contributed by atoms with van der Waals surface area (Å²) in [6.07, 6.45) is 1.84. The Morgan fingerprint density at radius 2 is 1.56 bits per heavy atom. The first kappa shape index (κ1) is 9.59. The van der Waals surface area contributed by atoms with Crippen molar-refractivity contribution >= 4 is 0 Å². The van der Waals surface area contributed by atoms with Gasteiger partial charge < -0.3 is 0 Å². The largest absolute Gasteiger partial charge is 0.240 e. The van der Waals surface area contributed by atoms with Crippen molar-refractivity contribution in [2.75, 3.05) is 0 Å². The minimum Gasteiger partial charge on any atom is -0.240 e. The molecule has 2 heterocycles. The number of hydrogen-bond acceptors (Lipinski definition) is 2. The SMILES string of the molecule is c1ccc2c(c1)Cn1nncc1-c1ccccc1-2. The quantitative estimate of drug-likeness (QED) is 0.467. The maximum atomic E-state index is 4.18. The van der Waals surface area contributed by atoms with E-state index in [-0.39, 0.29) is 0 Å². The molecular formula is C15H11N3. The molecule has 86 valence electrons. The molecule has 2 aromatic carbocycles. The van der Waals surface area contributed by atoms with Crippen LogP contribution in [0, 0.1) is 0 Å². The number of aromatic nitrogens is 3. The van der Waals surface area contributed by atoms with Gasteiger partial charge >= 0.3 is 0 Å². The zero-order chi connectivity index (χ0) is 11.9. The van der Waals surface area contributed by atoms with Crippen molar-refractivity contribution in [3.63, 3.8) is 0 Å².